The second kappa shape index (κ2) is 9.34. The summed E-state index contributed by atoms with van der Waals surface area (Å²) >= 11 is 0. The van der Waals surface area contributed by atoms with Crippen molar-refractivity contribution < 1.29 is 13.2 Å². The van der Waals surface area contributed by atoms with Crippen LogP contribution >= 0.6 is 0 Å². The molecule has 0 aliphatic heterocycles. The lowest BCUT2D eigenvalue weighted by Crippen LogP contribution is -2.30. The molecule has 160 valence electrons. The smallest absolute Gasteiger partial charge is 0.264 e. The van der Waals surface area contributed by atoms with Gasteiger partial charge in [0, 0.05) is 12.7 Å². The van der Waals surface area contributed by atoms with Crippen LogP contribution < -0.4 is 9.04 Å². The van der Waals surface area contributed by atoms with E-state index < -0.39 is 10.0 Å². The van der Waals surface area contributed by atoms with Crippen molar-refractivity contribution in [3.8, 4) is 5.75 Å². The molecule has 7 heteroatoms. The maximum Gasteiger partial charge on any atom is 0.264 e. The summed E-state index contributed by atoms with van der Waals surface area (Å²) in [5.74, 6) is 1.02. The first-order chi connectivity index (χ1) is 14.3. The van der Waals surface area contributed by atoms with E-state index in [9.17, 15) is 8.42 Å². The Balaban J connectivity index is 2.00. The molecule has 0 bridgehead atoms. The van der Waals surface area contributed by atoms with Gasteiger partial charge in [0.2, 0.25) is 0 Å². The third-order valence-corrected chi connectivity index (χ3v) is 6.68. The van der Waals surface area contributed by atoms with Gasteiger partial charge in [0.25, 0.3) is 10.0 Å². The summed E-state index contributed by atoms with van der Waals surface area (Å²) in [6.45, 7) is 9.53. The molecule has 1 heterocycles. The lowest BCUT2D eigenvalue weighted by Gasteiger charge is -2.24. The highest BCUT2D eigenvalue weighted by atomic mass is 32.2. The van der Waals surface area contributed by atoms with Crippen molar-refractivity contribution in [1.29, 1.82) is 0 Å². The van der Waals surface area contributed by atoms with E-state index in [1.54, 1.807) is 28.9 Å². The summed E-state index contributed by atoms with van der Waals surface area (Å²) < 4.78 is 35.8. The molecule has 0 fully saturated rings. The first kappa shape index (κ1) is 21.9. The highest BCUT2D eigenvalue weighted by molar-refractivity contribution is 7.92. The van der Waals surface area contributed by atoms with Gasteiger partial charge < -0.3 is 4.74 Å². The van der Waals surface area contributed by atoms with Gasteiger partial charge in [0.05, 0.1) is 29.4 Å². The number of hydrogen-bond acceptors (Lipinski definition) is 4. The van der Waals surface area contributed by atoms with E-state index in [2.05, 4.69) is 18.9 Å². The van der Waals surface area contributed by atoms with Gasteiger partial charge in [-0.05, 0) is 67.8 Å². The first-order valence-electron chi connectivity index (χ1n) is 10.2. The lowest BCUT2D eigenvalue weighted by molar-refractivity contribution is 0.340. The van der Waals surface area contributed by atoms with Crippen LogP contribution in [0.4, 0.5) is 5.69 Å². The molecule has 3 rings (SSSR count). The number of aromatic nitrogens is 2. The zero-order valence-electron chi connectivity index (χ0n) is 17.9. The van der Waals surface area contributed by atoms with Crippen molar-refractivity contribution in [3.05, 3.63) is 72.1 Å². The van der Waals surface area contributed by atoms with Gasteiger partial charge >= 0.3 is 0 Å². The maximum absolute atomic E-state index is 13.6. The molecule has 0 unspecified atom stereocenters. The Hall–Kier alpha value is -2.80. The zero-order chi connectivity index (χ0) is 21.7. The number of nitrogens with zero attached hydrogens (tertiary/aromatic N) is 3. The van der Waals surface area contributed by atoms with E-state index in [-0.39, 0.29) is 11.4 Å². The normalized spacial score (nSPS) is 11.6. The van der Waals surface area contributed by atoms with Gasteiger partial charge in [0.1, 0.15) is 5.75 Å². The Labute approximate surface area is 179 Å². The number of sulfonamides is 1. The van der Waals surface area contributed by atoms with Gasteiger partial charge in [-0.2, -0.15) is 5.10 Å². The van der Waals surface area contributed by atoms with Gasteiger partial charge in [-0.15, -0.1) is 0 Å². The molecule has 0 saturated carbocycles. The second-order valence-corrected chi connectivity index (χ2v) is 9.19. The highest BCUT2D eigenvalue weighted by Gasteiger charge is 2.26. The summed E-state index contributed by atoms with van der Waals surface area (Å²) in [6, 6.07) is 16.1. The SMILES string of the molecule is CCOc1ccc(S(=O)(=O)N(Cc2ccn(CC)n2)c2ccc(C(C)C)cc2)cc1. The van der Waals surface area contributed by atoms with Crippen molar-refractivity contribution in [3.63, 3.8) is 0 Å². The van der Waals surface area contributed by atoms with Crippen molar-refractivity contribution in [2.24, 2.45) is 0 Å². The number of aryl methyl sites for hydroxylation is 1. The molecular weight excluding hydrogens is 398 g/mol. The quantitative estimate of drug-likeness (QED) is 0.491. The highest BCUT2D eigenvalue weighted by Crippen LogP contribution is 2.28. The summed E-state index contributed by atoms with van der Waals surface area (Å²) in [5, 5.41) is 4.48. The molecule has 6 nitrogen and oxygen atoms in total. The minimum atomic E-state index is -3.79. The molecule has 3 aromatic rings. The van der Waals surface area contributed by atoms with Crippen LogP contribution in [0.15, 0.2) is 65.7 Å². The Bertz CT molecular complexity index is 1060. The number of anilines is 1. The van der Waals surface area contributed by atoms with Crippen molar-refractivity contribution in [1.82, 2.24) is 9.78 Å². The van der Waals surface area contributed by atoms with Crippen LogP contribution in [0.1, 0.15) is 44.9 Å². The van der Waals surface area contributed by atoms with Crippen LogP contribution in [0.25, 0.3) is 0 Å². The third-order valence-electron chi connectivity index (χ3n) is 4.90. The fourth-order valence-electron chi connectivity index (χ4n) is 3.15. The third kappa shape index (κ3) is 4.84. The minimum Gasteiger partial charge on any atom is -0.494 e. The van der Waals surface area contributed by atoms with Crippen molar-refractivity contribution >= 4 is 15.7 Å². The molecule has 0 N–H and O–H groups in total. The average Bonchev–Trinajstić information content (AvgIpc) is 3.20. The van der Waals surface area contributed by atoms with E-state index >= 15 is 0 Å². The minimum absolute atomic E-state index is 0.156. The molecule has 0 aliphatic rings. The summed E-state index contributed by atoms with van der Waals surface area (Å²) in [5.41, 5.74) is 2.46. The Kier molecular flexibility index (Phi) is 6.82. The van der Waals surface area contributed by atoms with Crippen LogP contribution in [0.3, 0.4) is 0 Å². The molecular formula is C23H29N3O3S. The fraction of sp³-hybridized carbons (Fsp3) is 0.348. The first-order valence-corrected chi connectivity index (χ1v) is 11.7. The Morgan fingerprint density at radius 3 is 2.20 bits per heavy atom. The van der Waals surface area contributed by atoms with Crippen LogP contribution in [0.5, 0.6) is 5.75 Å². The monoisotopic (exact) mass is 427 g/mol. The predicted octanol–water partition coefficient (Wildman–Crippen LogP) is 4.82. The maximum atomic E-state index is 13.6. The molecule has 0 radical (unpaired) electrons. The van der Waals surface area contributed by atoms with Crippen LogP contribution in [-0.4, -0.2) is 24.8 Å². The van der Waals surface area contributed by atoms with Gasteiger partial charge in [-0.3, -0.25) is 8.99 Å². The number of benzene rings is 2. The molecule has 1 aromatic heterocycles. The lowest BCUT2D eigenvalue weighted by atomic mass is 10.0. The van der Waals surface area contributed by atoms with E-state index in [1.807, 2.05) is 50.4 Å². The van der Waals surface area contributed by atoms with Crippen LogP contribution in [0.2, 0.25) is 0 Å². The average molecular weight is 428 g/mol. The van der Waals surface area contributed by atoms with E-state index in [0.717, 1.165) is 12.1 Å². The van der Waals surface area contributed by atoms with Gasteiger partial charge in [-0.1, -0.05) is 26.0 Å². The number of ether oxygens (including phenoxy) is 1. The van der Waals surface area contributed by atoms with E-state index in [1.165, 1.54) is 4.31 Å². The standard InChI is InChI=1S/C23H29N3O3S/c1-5-25-16-15-20(24-25)17-26(21-9-7-19(8-10-21)18(3)4)30(27,28)23-13-11-22(12-14-23)29-6-2/h7-16,18H,5-6,17H2,1-4H3. The molecule has 2 aromatic carbocycles. The van der Waals surface area contributed by atoms with E-state index in [4.69, 9.17) is 4.74 Å². The molecule has 0 amide bonds. The summed E-state index contributed by atoms with van der Waals surface area (Å²) in [7, 11) is -3.79. The van der Waals surface area contributed by atoms with Crippen molar-refractivity contribution in [2.45, 2.75) is 51.6 Å². The van der Waals surface area contributed by atoms with Gasteiger partial charge in [-0.25, -0.2) is 8.42 Å². The fourth-order valence-corrected chi connectivity index (χ4v) is 4.59. The van der Waals surface area contributed by atoms with Gasteiger partial charge in [0.15, 0.2) is 0 Å². The number of hydrogen-bond donors (Lipinski definition) is 0. The molecule has 0 saturated heterocycles. The van der Waals surface area contributed by atoms with Crippen LogP contribution in [0, 0.1) is 0 Å². The van der Waals surface area contributed by atoms with Crippen molar-refractivity contribution in [2.75, 3.05) is 10.9 Å². The second-order valence-electron chi connectivity index (χ2n) is 7.33. The number of rotatable bonds is 9. The molecule has 0 spiro atoms. The molecule has 30 heavy (non-hydrogen) atoms. The summed E-state index contributed by atoms with van der Waals surface area (Å²) in [6.07, 6.45) is 1.86. The van der Waals surface area contributed by atoms with E-state index in [0.29, 0.717) is 29.7 Å². The zero-order valence-corrected chi connectivity index (χ0v) is 18.8. The summed E-state index contributed by atoms with van der Waals surface area (Å²) in [4.78, 5) is 0.216. The predicted molar refractivity (Wildman–Crippen MR) is 119 cm³/mol. The Morgan fingerprint density at radius 2 is 1.67 bits per heavy atom. The topological polar surface area (TPSA) is 64.4 Å². The molecule has 0 atom stereocenters. The van der Waals surface area contributed by atoms with Crippen LogP contribution in [-0.2, 0) is 23.1 Å². The Morgan fingerprint density at radius 1 is 1.00 bits per heavy atom. The largest absolute Gasteiger partial charge is 0.494 e. The molecule has 0 aliphatic carbocycles.